The van der Waals surface area contributed by atoms with E-state index in [2.05, 4.69) is 0 Å². The molecule has 1 aromatic rings. The fraction of sp³-hybridized carbons (Fsp3) is 0. The minimum atomic E-state index is -0.847. The van der Waals surface area contributed by atoms with Crippen molar-refractivity contribution < 1.29 is 9.90 Å². The van der Waals surface area contributed by atoms with Gasteiger partial charge in [0, 0.05) is 0 Å². The molecule has 1 N–H and O–H groups in total. The Morgan fingerprint density at radius 3 is 2.75 bits per heavy atom. The van der Waals surface area contributed by atoms with Gasteiger partial charge in [0.25, 0.3) is 0 Å². The van der Waals surface area contributed by atoms with Crippen LogP contribution >= 0.6 is 11.3 Å². The molecule has 1 heterocycles. The SMILES string of the molecule is O=[13C](O)c1cccs1. The van der Waals surface area contributed by atoms with Crippen LogP contribution in [0, 0.1) is 0 Å². The molecule has 0 aliphatic carbocycles. The van der Waals surface area contributed by atoms with Gasteiger partial charge in [-0.15, -0.1) is 11.3 Å². The summed E-state index contributed by atoms with van der Waals surface area (Å²) in [4.78, 5) is 10.5. The zero-order valence-electron chi connectivity index (χ0n) is 4.00. The third-order valence-electron chi connectivity index (χ3n) is 0.732. The van der Waals surface area contributed by atoms with Crippen LogP contribution in [0.15, 0.2) is 17.5 Å². The minimum absolute atomic E-state index is 0.394. The molecular weight excluding hydrogens is 125 g/mol. The van der Waals surface area contributed by atoms with E-state index in [0.717, 1.165) is 0 Å². The number of hydrogen-bond donors (Lipinski definition) is 1. The third-order valence-corrected chi connectivity index (χ3v) is 1.59. The lowest BCUT2D eigenvalue weighted by atomic mass is 10.6. The Morgan fingerprint density at radius 1 is 1.75 bits per heavy atom. The summed E-state index contributed by atoms with van der Waals surface area (Å²) in [5, 5.41) is 10.0. The Bertz CT molecular complexity index is 178. The second kappa shape index (κ2) is 1.96. The molecule has 0 aromatic carbocycles. The number of carboxylic acids is 1. The number of hydrogen-bond acceptors (Lipinski definition) is 2. The largest absolute Gasteiger partial charge is 0.477 e. The van der Waals surface area contributed by atoms with E-state index in [1.165, 1.54) is 11.3 Å². The molecule has 1 aromatic heterocycles. The van der Waals surface area contributed by atoms with E-state index >= 15 is 0 Å². The highest BCUT2D eigenvalue weighted by Crippen LogP contribution is 2.06. The fourth-order valence-corrected chi connectivity index (χ4v) is 0.962. The summed E-state index contributed by atoms with van der Waals surface area (Å²) < 4.78 is 0. The fourth-order valence-electron chi connectivity index (χ4n) is 0.400. The Balaban J connectivity index is 2.93. The molecular formula is C5H4O2S. The van der Waals surface area contributed by atoms with Gasteiger partial charge in [-0.2, -0.15) is 0 Å². The Labute approximate surface area is 50.4 Å². The van der Waals surface area contributed by atoms with Crippen molar-refractivity contribution in [3.05, 3.63) is 22.4 Å². The molecule has 0 saturated carbocycles. The van der Waals surface area contributed by atoms with Gasteiger partial charge < -0.3 is 5.11 Å². The van der Waals surface area contributed by atoms with E-state index in [0.29, 0.717) is 4.88 Å². The first-order valence-electron chi connectivity index (χ1n) is 2.07. The average molecular weight is 129 g/mol. The summed E-state index contributed by atoms with van der Waals surface area (Å²) in [6, 6.07) is 3.29. The van der Waals surface area contributed by atoms with Gasteiger partial charge in [-0.1, -0.05) is 6.07 Å². The lowest BCUT2D eigenvalue weighted by Gasteiger charge is -1.78. The van der Waals surface area contributed by atoms with Crippen LogP contribution < -0.4 is 0 Å². The van der Waals surface area contributed by atoms with Crippen molar-refractivity contribution in [3.8, 4) is 0 Å². The zero-order chi connectivity index (χ0) is 5.98. The average Bonchev–Trinajstić information content (AvgIpc) is 2.12. The zero-order valence-corrected chi connectivity index (χ0v) is 4.81. The van der Waals surface area contributed by atoms with Crippen molar-refractivity contribution in [1.29, 1.82) is 0 Å². The van der Waals surface area contributed by atoms with Crippen LogP contribution in [0.25, 0.3) is 0 Å². The highest BCUT2D eigenvalue weighted by Gasteiger charge is 1.99. The summed E-state index contributed by atoms with van der Waals surface area (Å²) in [6.45, 7) is 0. The van der Waals surface area contributed by atoms with Gasteiger partial charge in [-0.25, -0.2) is 4.79 Å². The van der Waals surface area contributed by atoms with Crippen LogP contribution in [0.4, 0.5) is 0 Å². The van der Waals surface area contributed by atoms with Crippen molar-refractivity contribution in [2.45, 2.75) is 0 Å². The van der Waals surface area contributed by atoms with Gasteiger partial charge >= 0.3 is 5.97 Å². The monoisotopic (exact) mass is 129 g/mol. The molecule has 0 aliphatic rings. The second-order valence-corrected chi connectivity index (χ2v) is 2.23. The molecule has 0 aliphatic heterocycles. The number of aromatic carboxylic acids is 1. The normalized spacial score (nSPS) is 9.00. The van der Waals surface area contributed by atoms with Gasteiger partial charge in [0.05, 0.1) is 0 Å². The number of rotatable bonds is 1. The third kappa shape index (κ3) is 0.869. The maximum Gasteiger partial charge on any atom is 0.345 e. The standard InChI is InChI=1S/C5H4O2S/c6-5(7)4-2-1-3-8-4/h1-3H,(H,6,7)/i5+1. The highest BCUT2D eigenvalue weighted by atomic mass is 32.1. The second-order valence-electron chi connectivity index (χ2n) is 1.28. The summed E-state index contributed by atoms with van der Waals surface area (Å²) in [6.07, 6.45) is 0. The van der Waals surface area contributed by atoms with Crippen LogP contribution in [-0.4, -0.2) is 11.1 Å². The molecule has 2 nitrogen and oxygen atoms in total. The van der Waals surface area contributed by atoms with Crippen LogP contribution in [0.1, 0.15) is 9.67 Å². The first-order chi connectivity index (χ1) is 3.80. The molecule has 0 bridgehead atoms. The summed E-state index contributed by atoms with van der Waals surface area (Å²) >= 11 is 1.23. The maximum atomic E-state index is 10.1. The highest BCUT2D eigenvalue weighted by molar-refractivity contribution is 7.11. The van der Waals surface area contributed by atoms with E-state index in [4.69, 9.17) is 5.11 Å². The van der Waals surface area contributed by atoms with E-state index < -0.39 is 5.97 Å². The van der Waals surface area contributed by atoms with Crippen LogP contribution in [0.2, 0.25) is 0 Å². The molecule has 0 unspecified atom stereocenters. The predicted octanol–water partition coefficient (Wildman–Crippen LogP) is 1.45. The van der Waals surface area contributed by atoms with Crippen molar-refractivity contribution in [2.75, 3.05) is 0 Å². The molecule has 0 spiro atoms. The van der Waals surface area contributed by atoms with Crippen LogP contribution in [0.5, 0.6) is 0 Å². The lowest BCUT2D eigenvalue weighted by molar-refractivity contribution is 0.0702. The topological polar surface area (TPSA) is 37.3 Å². The number of carboxylic acid groups (broad SMARTS) is 1. The van der Waals surface area contributed by atoms with Crippen molar-refractivity contribution in [3.63, 3.8) is 0 Å². The van der Waals surface area contributed by atoms with Crippen molar-refractivity contribution in [2.24, 2.45) is 0 Å². The summed E-state index contributed by atoms with van der Waals surface area (Å²) in [7, 11) is 0. The molecule has 0 fully saturated rings. The molecule has 0 amide bonds. The van der Waals surface area contributed by atoms with Crippen molar-refractivity contribution in [1.82, 2.24) is 0 Å². The summed E-state index contributed by atoms with van der Waals surface area (Å²) in [5.41, 5.74) is 0. The maximum absolute atomic E-state index is 10.1. The van der Waals surface area contributed by atoms with Crippen molar-refractivity contribution >= 4 is 17.3 Å². The minimum Gasteiger partial charge on any atom is -0.477 e. The number of carbonyl (C=O) groups is 1. The smallest absolute Gasteiger partial charge is 0.345 e. The Kier molecular flexibility index (Phi) is 1.30. The van der Waals surface area contributed by atoms with E-state index in [-0.39, 0.29) is 0 Å². The van der Waals surface area contributed by atoms with Gasteiger partial charge in [-0.3, -0.25) is 0 Å². The summed E-state index contributed by atoms with van der Waals surface area (Å²) in [5.74, 6) is -0.847. The molecule has 0 atom stereocenters. The molecule has 0 radical (unpaired) electrons. The first kappa shape index (κ1) is 5.31. The molecule has 8 heavy (non-hydrogen) atoms. The number of thiophene rings is 1. The van der Waals surface area contributed by atoms with Crippen LogP contribution in [-0.2, 0) is 0 Å². The van der Waals surface area contributed by atoms with Gasteiger partial charge in [0.15, 0.2) is 0 Å². The molecule has 42 valence electrons. The Morgan fingerprint density at radius 2 is 2.50 bits per heavy atom. The van der Waals surface area contributed by atoms with Gasteiger partial charge in [0.1, 0.15) is 4.88 Å². The van der Waals surface area contributed by atoms with E-state index in [9.17, 15) is 4.79 Å². The van der Waals surface area contributed by atoms with E-state index in [1.807, 2.05) is 0 Å². The molecule has 3 heteroatoms. The lowest BCUT2D eigenvalue weighted by Crippen LogP contribution is -1.89. The van der Waals surface area contributed by atoms with E-state index in [1.54, 1.807) is 17.5 Å². The predicted molar refractivity (Wildman–Crippen MR) is 31.3 cm³/mol. The Hall–Kier alpha value is -0.830. The molecule has 0 saturated heterocycles. The first-order valence-corrected chi connectivity index (χ1v) is 2.95. The van der Waals surface area contributed by atoms with Crippen LogP contribution in [0.3, 0.4) is 0 Å². The van der Waals surface area contributed by atoms with Gasteiger partial charge in [-0.05, 0) is 11.4 Å². The van der Waals surface area contributed by atoms with Gasteiger partial charge in [0.2, 0.25) is 0 Å². The quantitative estimate of drug-likeness (QED) is 0.582. The molecule has 1 rings (SSSR count).